The standard InChI is InChI=1S/C71H110O6/c1-4-7-10-13-16-19-22-25-28-29-30-31-32-33-34-35-36-37-38-39-40-41-44-46-49-52-55-58-61-64-70(73)76-67-68(77-71(74)65-62-59-56-53-50-47-43-27-24-21-18-15-12-9-6-3)66-75-69(72)63-60-57-54-51-48-45-42-26-23-20-17-14-11-8-5-2/h7,9-10,12,16-21,25-28,30-31,33-34,36-37,39-40,42-44,46,50,53,68H,4-6,8,11,13-15,22-24,29,32,35,38,41,45,47-49,51-52,54-67H2,1-3H3/b10-7-,12-9-,19-16-,20-17-,21-18-,28-25-,31-30-,34-33-,37-36-,40-39-,42-26-,43-27-,46-44-,53-50-. The first-order valence-electron chi connectivity index (χ1n) is 30.6. The molecule has 0 bridgehead atoms. The average molecular weight is 1060 g/mol. The van der Waals surface area contributed by atoms with Gasteiger partial charge in [0.05, 0.1) is 0 Å². The van der Waals surface area contributed by atoms with Crippen molar-refractivity contribution in [1.29, 1.82) is 0 Å². The number of allylic oxidation sites excluding steroid dienone is 28. The molecule has 0 aliphatic carbocycles. The molecule has 77 heavy (non-hydrogen) atoms. The van der Waals surface area contributed by atoms with Crippen LogP contribution >= 0.6 is 0 Å². The van der Waals surface area contributed by atoms with Crippen molar-refractivity contribution in [2.75, 3.05) is 13.2 Å². The zero-order chi connectivity index (χ0) is 55.7. The molecule has 1 atom stereocenters. The van der Waals surface area contributed by atoms with Gasteiger partial charge in [0.15, 0.2) is 6.10 Å². The molecule has 6 heteroatoms. The highest BCUT2D eigenvalue weighted by Crippen LogP contribution is 2.12. The van der Waals surface area contributed by atoms with Crippen molar-refractivity contribution in [1.82, 2.24) is 0 Å². The Bertz CT molecular complexity index is 1790. The highest BCUT2D eigenvalue weighted by molar-refractivity contribution is 5.71. The van der Waals surface area contributed by atoms with Crippen LogP contribution in [0.15, 0.2) is 170 Å². The minimum absolute atomic E-state index is 0.118. The van der Waals surface area contributed by atoms with Crippen LogP contribution < -0.4 is 0 Å². The normalized spacial score (nSPS) is 13.3. The van der Waals surface area contributed by atoms with E-state index >= 15 is 0 Å². The smallest absolute Gasteiger partial charge is 0.306 e. The molecule has 0 saturated heterocycles. The Morgan fingerprint density at radius 3 is 0.818 bits per heavy atom. The SMILES string of the molecule is CC/C=C\C/C=C\C/C=C\C/C=C\C/C=C\C/C=C\C/C=C\C/C=C\CCCCCCC(=O)OCC(COC(=O)CCCCCCC/C=C\C/C=C\CCCCC)OC(=O)CCCC/C=C\C/C=C\C/C=C\C/C=C\CC. The van der Waals surface area contributed by atoms with E-state index in [2.05, 4.69) is 191 Å². The lowest BCUT2D eigenvalue weighted by Gasteiger charge is -2.18. The molecule has 0 aliphatic heterocycles. The van der Waals surface area contributed by atoms with Crippen LogP contribution in [0.4, 0.5) is 0 Å². The maximum atomic E-state index is 12.9. The van der Waals surface area contributed by atoms with E-state index in [0.717, 1.165) is 167 Å². The number of ether oxygens (including phenoxy) is 3. The predicted octanol–water partition coefficient (Wildman–Crippen LogP) is 21.1. The molecule has 0 aromatic carbocycles. The molecule has 1 unspecified atom stereocenters. The fourth-order valence-electron chi connectivity index (χ4n) is 7.65. The summed E-state index contributed by atoms with van der Waals surface area (Å²) >= 11 is 0. The number of hydrogen-bond donors (Lipinski definition) is 0. The van der Waals surface area contributed by atoms with Crippen molar-refractivity contribution < 1.29 is 28.6 Å². The number of esters is 3. The number of hydrogen-bond acceptors (Lipinski definition) is 6. The van der Waals surface area contributed by atoms with Crippen LogP contribution in [0.1, 0.15) is 239 Å². The summed E-state index contributed by atoms with van der Waals surface area (Å²) < 4.78 is 16.8. The first-order chi connectivity index (χ1) is 38.0. The number of rotatable bonds is 53. The van der Waals surface area contributed by atoms with Crippen molar-refractivity contribution in [3.63, 3.8) is 0 Å². The Labute approximate surface area is 472 Å². The first-order valence-corrected chi connectivity index (χ1v) is 30.6. The van der Waals surface area contributed by atoms with Crippen LogP contribution in [0.5, 0.6) is 0 Å². The molecule has 0 heterocycles. The third-order valence-corrected chi connectivity index (χ3v) is 12.2. The first kappa shape index (κ1) is 71.8. The third kappa shape index (κ3) is 61.5. The second-order valence-electron chi connectivity index (χ2n) is 19.5. The maximum absolute atomic E-state index is 12.9. The maximum Gasteiger partial charge on any atom is 0.306 e. The molecule has 0 fully saturated rings. The summed E-state index contributed by atoms with van der Waals surface area (Å²) in [6.45, 7) is 6.30. The van der Waals surface area contributed by atoms with E-state index in [1.165, 1.54) is 25.7 Å². The summed E-state index contributed by atoms with van der Waals surface area (Å²) in [5.74, 6) is -1.01. The molecule has 0 aromatic heterocycles. The van der Waals surface area contributed by atoms with Crippen LogP contribution in [-0.4, -0.2) is 37.2 Å². The number of carbonyl (C=O) groups excluding carboxylic acids is 3. The van der Waals surface area contributed by atoms with Gasteiger partial charge in [-0.1, -0.05) is 236 Å². The second-order valence-corrected chi connectivity index (χ2v) is 19.5. The van der Waals surface area contributed by atoms with E-state index in [0.29, 0.717) is 19.3 Å². The zero-order valence-corrected chi connectivity index (χ0v) is 49.1. The Morgan fingerprint density at radius 1 is 0.273 bits per heavy atom. The Kier molecular flexibility index (Phi) is 59.0. The minimum Gasteiger partial charge on any atom is -0.462 e. The molecule has 0 aromatic rings. The summed E-state index contributed by atoms with van der Waals surface area (Å²) in [7, 11) is 0. The quantitative estimate of drug-likeness (QED) is 0.0261. The van der Waals surface area contributed by atoms with Crippen molar-refractivity contribution >= 4 is 17.9 Å². The zero-order valence-electron chi connectivity index (χ0n) is 49.1. The Morgan fingerprint density at radius 2 is 0.506 bits per heavy atom. The Balaban J connectivity index is 4.47. The van der Waals surface area contributed by atoms with Crippen molar-refractivity contribution in [3.8, 4) is 0 Å². The third-order valence-electron chi connectivity index (χ3n) is 12.2. The molecule has 0 spiro atoms. The second kappa shape index (κ2) is 63.3. The summed E-state index contributed by atoms with van der Waals surface area (Å²) in [5, 5.41) is 0. The molecule has 0 aliphatic rings. The van der Waals surface area contributed by atoms with Gasteiger partial charge in [-0.3, -0.25) is 14.4 Å². The van der Waals surface area contributed by atoms with Gasteiger partial charge in [0.2, 0.25) is 0 Å². The highest BCUT2D eigenvalue weighted by atomic mass is 16.6. The van der Waals surface area contributed by atoms with Crippen molar-refractivity contribution in [2.45, 2.75) is 245 Å². The minimum atomic E-state index is -0.826. The van der Waals surface area contributed by atoms with Gasteiger partial charge in [-0.05, 0) is 154 Å². The van der Waals surface area contributed by atoms with Gasteiger partial charge in [-0.2, -0.15) is 0 Å². The van der Waals surface area contributed by atoms with Crippen LogP contribution in [0, 0.1) is 0 Å². The molecule has 0 N–H and O–H groups in total. The fourth-order valence-corrected chi connectivity index (χ4v) is 7.65. The topological polar surface area (TPSA) is 78.9 Å². The van der Waals surface area contributed by atoms with E-state index in [1.807, 2.05) is 0 Å². The van der Waals surface area contributed by atoms with Crippen molar-refractivity contribution in [3.05, 3.63) is 170 Å². The monoisotopic (exact) mass is 1060 g/mol. The van der Waals surface area contributed by atoms with E-state index < -0.39 is 6.10 Å². The van der Waals surface area contributed by atoms with Crippen molar-refractivity contribution in [2.24, 2.45) is 0 Å². The summed E-state index contributed by atoms with van der Waals surface area (Å²) in [5.41, 5.74) is 0. The van der Waals surface area contributed by atoms with E-state index in [-0.39, 0.29) is 37.5 Å². The summed E-state index contributed by atoms with van der Waals surface area (Å²) in [4.78, 5) is 38.2. The summed E-state index contributed by atoms with van der Waals surface area (Å²) in [6, 6.07) is 0. The molecule has 0 rings (SSSR count). The van der Waals surface area contributed by atoms with Gasteiger partial charge in [0.1, 0.15) is 13.2 Å². The van der Waals surface area contributed by atoms with Gasteiger partial charge in [0, 0.05) is 19.3 Å². The predicted molar refractivity (Wildman–Crippen MR) is 334 cm³/mol. The summed E-state index contributed by atoms with van der Waals surface area (Å²) in [6.07, 6.45) is 93.5. The van der Waals surface area contributed by atoms with E-state index in [1.54, 1.807) is 0 Å². The fraction of sp³-hybridized carbons (Fsp3) is 0.563. The van der Waals surface area contributed by atoms with Gasteiger partial charge >= 0.3 is 17.9 Å². The van der Waals surface area contributed by atoms with Crippen LogP contribution in [-0.2, 0) is 28.6 Å². The molecule has 0 radical (unpaired) electrons. The molecular weight excluding hydrogens is 949 g/mol. The van der Waals surface area contributed by atoms with Gasteiger partial charge in [0.25, 0.3) is 0 Å². The average Bonchev–Trinajstić information content (AvgIpc) is 3.43. The molecule has 6 nitrogen and oxygen atoms in total. The largest absolute Gasteiger partial charge is 0.462 e. The van der Waals surface area contributed by atoms with Gasteiger partial charge in [-0.25, -0.2) is 0 Å². The number of carbonyl (C=O) groups is 3. The Hall–Kier alpha value is -5.23. The van der Waals surface area contributed by atoms with Crippen LogP contribution in [0.2, 0.25) is 0 Å². The van der Waals surface area contributed by atoms with E-state index in [4.69, 9.17) is 14.2 Å². The van der Waals surface area contributed by atoms with Crippen LogP contribution in [0.3, 0.4) is 0 Å². The van der Waals surface area contributed by atoms with Gasteiger partial charge in [-0.15, -0.1) is 0 Å². The van der Waals surface area contributed by atoms with E-state index in [9.17, 15) is 14.4 Å². The lowest BCUT2D eigenvalue weighted by molar-refractivity contribution is -0.167. The van der Waals surface area contributed by atoms with Gasteiger partial charge < -0.3 is 14.2 Å². The molecule has 0 saturated carbocycles. The molecular formula is C71H110O6. The van der Waals surface area contributed by atoms with Crippen LogP contribution in [0.25, 0.3) is 0 Å². The lowest BCUT2D eigenvalue weighted by Crippen LogP contribution is -2.30. The lowest BCUT2D eigenvalue weighted by atomic mass is 10.1. The number of unbranched alkanes of at least 4 members (excludes halogenated alkanes) is 14. The molecule has 430 valence electrons. The highest BCUT2D eigenvalue weighted by Gasteiger charge is 2.19. The molecule has 0 amide bonds.